The molecule has 1 rings (SSSR count). The van der Waals surface area contributed by atoms with Crippen LogP contribution in [-0.2, 0) is 0 Å². The number of hydrogen-bond donors (Lipinski definition) is 2. The van der Waals surface area contributed by atoms with Gasteiger partial charge in [-0.05, 0) is 33.2 Å². The molecule has 0 aliphatic heterocycles. The Bertz CT molecular complexity index is 407. The van der Waals surface area contributed by atoms with Gasteiger partial charge < -0.3 is 20.7 Å². The molecule has 106 valence electrons. The van der Waals surface area contributed by atoms with Gasteiger partial charge in [0.1, 0.15) is 12.4 Å². The lowest BCUT2D eigenvalue weighted by Crippen LogP contribution is -2.38. The zero-order valence-corrected chi connectivity index (χ0v) is 11.8. The molecular weight excluding hydrogens is 242 g/mol. The van der Waals surface area contributed by atoms with Gasteiger partial charge in [-0.1, -0.05) is 12.1 Å². The van der Waals surface area contributed by atoms with E-state index in [1.54, 1.807) is 12.1 Å². The molecule has 1 aromatic carbocycles. The fraction of sp³-hybridized carbons (Fsp3) is 0.500. The van der Waals surface area contributed by atoms with E-state index in [2.05, 4.69) is 5.32 Å². The number of carbonyl (C=O) groups excluding carboxylic acids is 1. The van der Waals surface area contributed by atoms with E-state index in [-0.39, 0.29) is 11.9 Å². The number of benzene rings is 1. The Hall–Kier alpha value is -1.59. The first-order valence-corrected chi connectivity index (χ1v) is 6.42. The van der Waals surface area contributed by atoms with Gasteiger partial charge in [0.25, 0.3) is 5.91 Å². The summed E-state index contributed by atoms with van der Waals surface area (Å²) in [5, 5.41) is 2.83. The molecule has 0 fully saturated rings. The van der Waals surface area contributed by atoms with Gasteiger partial charge in [-0.2, -0.15) is 0 Å². The number of hydrogen-bond acceptors (Lipinski definition) is 4. The zero-order chi connectivity index (χ0) is 14.3. The summed E-state index contributed by atoms with van der Waals surface area (Å²) in [6, 6.07) is 7.18. The number of para-hydroxylation sites is 1. The molecule has 0 spiro atoms. The van der Waals surface area contributed by atoms with Gasteiger partial charge in [0.05, 0.1) is 5.56 Å². The Morgan fingerprint density at radius 2 is 2.11 bits per heavy atom. The highest BCUT2D eigenvalue weighted by atomic mass is 16.5. The standard InChI is InChI=1S/C14H23N3O2/c1-11(10-15)16-14(18)12-6-4-5-7-13(12)19-9-8-17(2)3/h4-7,11H,8-10,15H2,1-3H3,(H,16,18)/t11-/m0/s1. The maximum Gasteiger partial charge on any atom is 0.255 e. The van der Waals surface area contributed by atoms with Gasteiger partial charge in [0.2, 0.25) is 0 Å². The maximum absolute atomic E-state index is 12.1. The number of carbonyl (C=O) groups is 1. The van der Waals surface area contributed by atoms with Crippen LogP contribution in [0.2, 0.25) is 0 Å². The van der Waals surface area contributed by atoms with Crippen LogP contribution in [-0.4, -0.2) is 50.6 Å². The van der Waals surface area contributed by atoms with E-state index in [1.807, 2.05) is 38.1 Å². The lowest BCUT2D eigenvalue weighted by molar-refractivity contribution is 0.0937. The third-order valence-corrected chi connectivity index (χ3v) is 2.66. The quantitative estimate of drug-likeness (QED) is 0.761. The normalized spacial score (nSPS) is 12.3. The molecule has 0 aliphatic carbocycles. The Labute approximate surface area is 114 Å². The summed E-state index contributed by atoms with van der Waals surface area (Å²) in [5.41, 5.74) is 6.04. The predicted molar refractivity (Wildman–Crippen MR) is 76.5 cm³/mol. The van der Waals surface area contributed by atoms with Crippen molar-refractivity contribution < 1.29 is 9.53 Å². The van der Waals surface area contributed by atoms with Crippen molar-refractivity contribution >= 4 is 5.91 Å². The van der Waals surface area contributed by atoms with E-state index >= 15 is 0 Å². The SMILES string of the molecule is C[C@@H](CN)NC(=O)c1ccccc1OCCN(C)C. The van der Waals surface area contributed by atoms with Gasteiger partial charge >= 0.3 is 0 Å². The molecule has 5 heteroatoms. The van der Waals surface area contributed by atoms with Crippen LogP contribution in [0, 0.1) is 0 Å². The van der Waals surface area contributed by atoms with Gasteiger partial charge in [0.15, 0.2) is 0 Å². The minimum absolute atomic E-state index is 0.0534. The van der Waals surface area contributed by atoms with E-state index in [0.717, 1.165) is 6.54 Å². The maximum atomic E-state index is 12.1. The van der Waals surface area contributed by atoms with Crippen molar-refractivity contribution in [1.29, 1.82) is 0 Å². The largest absolute Gasteiger partial charge is 0.491 e. The second-order valence-electron chi connectivity index (χ2n) is 4.76. The molecule has 0 saturated carbocycles. The summed E-state index contributed by atoms with van der Waals surface area (Å²) in [5.74, 6) is 0.449. The van der Waals surface area contributed by atoms with Crippen molar-refractivity contribution in [3.05, 3.63) is 29.8 Å². The number of ether oxygens (including phenoxy) is 1. The average Bonchev–Trinajstić information content (AvgIpc) is 2.38. The highest BCUT2D eigenvalue weighted by molar-refractivity contribution is 5.97. The molecule has 0 saturated heterocycles. The van der Waals surface area contributed by atoms with E-state index in [4.69, 9.17) is 10.5 Å². The Kier molecular flexibility index (Phi) is 6.32. The second-order valence-corrected chi connectivity index (χ2v) is 4.76. The monoisotopic (exact) mass is 265 g/mol. The average molecular weight is 265 g/mol. The molecule has 0 aliphatic rings. The van der Waals surface area contributed by atoms with E-state index in [1.165, 1.54) is 0 Å². The topological polar surface area (TPSA) is 67.6 Å². The van der Waals surface area contributed by atoms with Crippen LogP contribution in [0.25, 0.3) is 0 Å². The minimum Gasteiger partial charge on any atom is -0.491 e. The Balaban J connectivity index is 2.69. The van der Waals surface area contributed by atoms with Crippen LogP contribution in [0.4, 0.5) is 0 Å². The van der Waals surface area contributed by atoms with Crippen molar-refractivity contribution in [3.63, 3.8) is 0 Å². The second kappa shape index (κ2) is 7.76. The van der Waals surface area contributed by atoms with Crippen LogP contribution < -0.4 is 15.8 Å². The first-order valence-electron chi connectivity index (χ1n) is 6.42. The summed E-state index contributed by atoms with van der Waals surface area (Å²) >= 11 is 0. The molecular formula is C14H23N3O2. The number of nitrogens with zero attached hydrogens (tertiary/aromatic N) is 1. The number of rotatable bonds is 7. The molecule has 19 heavy (non-hydrogen) atoms. The molecule has 0 aromatic heterocycles. The third-order valence-electron chi connectivity index (χ3n) is 2.66. The summed E-state index contributed by atoms with van der Waals surface area (Å²) in [6.45, 7) is 3.63. The van der Waals surface area contributed by atoms with E-state index in [9.17, 15) is 4.79 Å². The molecule has 0 unspecified atom stereocenters. The lowest BCUT2D eigenvalue weighted by Gasteiger charge is -2.15. The number of nitrogens with one attached hydrogen (secondary N) is 1. The summed E-state index contributed by atoms with van der Waals surface area (Å²) < 4.78 is 5.65. The first-order chi connectivity index (χ1) is 9.04. The molecule has 3 N–H and O–H groups in total. The van der Waals surface area contributed by atoms with Gasteiger partial charge in [-0.25, -0.2) is 0 Å². The number of amides is 1. The first kappa shape index (κ1) is 15.5. The lowest BCUT2D eigenvalue weighted by atomic mass is 10.1. The van der Waals surface area contributed by atoms with Crippen molar-refractivity contribution in [2.24, 2.45) is 5.73 Å². The molecule has 0 heterocycles. The number of likely N-dealkylation sites (N-methyl/N-ethyl adjacent to an activating group) is 1. The molecule has 1 amide bonds. The highest BCUT2D eigenvalue weighted by Gasteiger charge is 2.13. The van der Waals surface area contributed by atoms with Crippen molar-refractivity contribution in [3.8, 4) is 5.75 Å². The molecule has 1 atom stereocenters. The van der Waals surface area contributed by atoms with E-state index < -0.39 is 0 Å². The fourth-order valence-electron chi connectivity index (χ4n) is 1.48. The smallest absolute Gasteiger partial charge is 0.255 e. The van der Waals surface area contributed by atoms with Crippen molar-refractivity contribution in [1.82, 2.24) is 10.2 Å². The van der Waals surface area contributed by atoms with Crippen molar-refractivity contribution in [2.45, 2.75) is 13.0 Å². The van der Waals surface area contributed by atoms with Crippen LogP contribution >= 0.6 is 0 Å². The summed E-state index contributed by atoms with van der Waals surface area (Å²) in [4.78, 5) is 14.1. The number of nitrogens with two attached hydrogens (primary N) is 1. The van der Waals surface area contributed by atoms with Crippen LogP contribution in [0.1, 0.15) is 17.3 Å². The van der Waals surface area contributed by atoms with E-state index in [0.29, 0.717) is 24.5 Å². The fourth-order valence-corrected chi connectivity index (χ4v) is 1.48. The zero-order valence-electron chi connectivity index (χ0n) is 11.8. The summed E-state index contributed by atoms with van der Waals surface area (Å²) in [6.07, 6.45) is 0. The van der Waals surface area contributed by atoms with Crippen molar-refractivity contribution in [2.75, 3.05) is 33.8 Å². The Morgan fingerprint density at radius 1 is 1.42 bits per heavy atom. The van der Waals surface area contributed by atoms with Crippen LogP contribution in [0.15, 0.2) is 24.3 Å². The third kappa shape index (κ3) is 5.28. The predicted octanol–water partition coefficient (Wildman–Crippen LogP) is 0.704. The summed E-state index contributed by atoms with van der Waals surface area (Å²) in [7, 11) is 3.95. The van der Waals surface area contributed by atoms with Gasteiger partial charge in [-0.15, -0.1) is 0 Å². The van der Waals surface area contributed by atoms with Gasteiger partial charge in [0, 0.05) is 19.1 Å². The highest BCUT2D eigenvalue weighted by Crippen LogP contribution is 2.17. The molecule has 0 radical (unpaired) electrons. The minimum atomic E-state index is -0.154. The van der Waals surface area contributed by atoms with Gasteiger partial charge in [-0.3, -0.25) is 4.79 Å². The van der Waals surface area contributed by atoms with Crippen LogP contribution in [0.5, 0.6) is 5.75 Å². The molecule has 5 nitrogen and oxygen atoms in total. The Morgan fingerprint density at radius 3 is 2.74 bits per heavy atom. The molecule has 1 aromatic rings. The molecule has 0 bridgehead atoms. The van der Waals surface area contributed by atoms with Crippen LogP contribution in [0.3, 0.4) is 0 Å².